The molecular weight excluding hydrogens is 642 g/mol. The van der Waals surface area contributed by atoms with Gasteiger partial charge >= 0.3 is 12.1 Å². The number of benzene rings is 2. The summed E-state index contributed by atoms with van der Waals surface area (Å²) in [5, 5.41) is 19.4. The van der Waals surface area contributed by atoms with Crippen molar-refractivity contribution in [2.24, 2.45) is 0 Å². The minimum absolute atomic E-state index is 0.00758. The van der Waals surface area contributed by atoms with Crippen LogP contribution in [0.3, 0.4) is 0 Å². The molecule has 0 saturated carbocycles. The molecule has 0 aromatic heterocycles. The van der Waals surface area contributed by atoms with Crippen LogP contribution in [-0.2, 0) is 26.2 Å². The topological polar surface area (TPSA) is 131 Å². The van der Waals surface area contributed by atoms with Gasteiger partial charge in [0.25, 0.3) is 0 Å². The minimum atomic E-state index is -5.48. The normalized spacial score (nSPS) is 18.5. The number of esters is 1. The van der Waals surface area contributed by atoms with E-state index in [1.54, 1.807) is 25.7 Å². The van der Waals surface area contributed by atoms with Crippen molar-refractivity contribution in [1.29, 1.82) is 5.41 Å². The van der Waals surface area contributed by atoms with E-state index in [0.29, 0.717) is 23.6 Å². The van der Waals surface area contributed by atoms with Crippen molar-refractivity contribution >= 4 is 23.3 Å². The first-order chi connectivity index (χ1) is 22.5. The third-order valence-corrected chi connectivity index (χ3v) is 8.00. The number of ketones is 1. The van der Waals surface area contributed by atoms with Gasteiger partial charge in [-0.15, -0.1) is 0 Å². The molecule has 264 valence electrons. The highest BCUT2D eigenvalue weighted by molar-refractivity contribution is 6.08. The number of nitrogens with one attached hydrogen (secondary N) is 1. The minimum Gasteiger partial charge on any atom is -0.494 e. The van der Waals surface area contributed by atoms with Gasteiger partial charge in [-0.3, -0.25) is 10.2 Å². The molecule has 1 saturated heterocycles. The summed E-state index contributed by atoms with van der Waals surface area (Å²) >= 11 is 0. The fraction of sp³-hybridized carbons (Fsp3) is 0.545. The predicted octanol–water partition coefficient (Wildman–Crippen LogP) is 4.97. The Morgan fingerprint density at radius 1 is 1.02 bits per heavy atom. The summed E-state index contributed by atoms with van der Waals surface area (Å²) in [6, 6.07) is 4.18. The summed E-state index contributed by atoms with van der Waals surface area (Å²) in [6.07, 6.45) is -9.24. The molecule has 2 aliphatic heterocycles. The molecule has 2 aliphatic rings. The maximum absolute atomic E-state index is 15.8. The zero-order chi connectivity index (χ0) is 35.7. The smallest absolute Gasteiger partial charge is 0.491 e. The van der Waals surface area contributed by atoms with Gasteiger partial charge < -0.3 is 38.6 Å². The summed E-state index contributed by atoms with van der Waals surface area (Å²) in [5.41, 5.74) is -0.208. The molecule has 48 heavy (non-hydrogen) atoms. The van der Waals surface area contributed by atoms with E-state index >= 15 is 4.39 Å². The molecule has 15 heteroatoms. The first-order valence-corrected chi connectivity index (χ1v) is 15.5. The van der Waals surface area contributed by atoms with E-state index < -0.39 is 60.0 Å². The summed E-state index contributed by atoms with van der Waals surface area (Å²) in [5.74, 6) is -5.38. The molecule has 2 heterocycles. The number of alkyl halides is 3. The van der Waals surface area contributed by atoms with Gasteiger partial charge in [0.15, 0.2) is 17.3 Å². The van der Waals surface area contributed by atoms with Crippen LogP contribution < -0.4 is 19.1 Å². The van der Waals surface area contributed by atoms with Gasteiger partial charge in [0.05, 0.1) is 37.7 Å². The second-order valence-electron chi connectivity index (χ2n) is 12.3. The number of rotatable bonds is 12. The number of halogens is 4. The molecule has 0 aliphatic carbocycles. The van der Waals surface area contributed by atoms with Crippen molar-refractivity contribution < 1.29 is 55.9 Å². The third kappa shape index (κ3) is 7.16. The Balaban J connectivity index is 1.86. The van der Waals surface area contributed by atoms with Crippen molar-refractivity contribution in [3.8, 4) is 17.2 Å². The fourth-order valence-corrected chi connectivity index (χ4v) is 5.85. The zero-order valence-electron chi connectivity index (χ0n) is 27.9. The SMILES string of the molecule is CCOc1cc2c(c(F)c1OCC)C(=N)N(C(OC(=O)C(F)(F)F)C(=O)c1cc(N3CC(O)C(OCC)C3)c(OC)c(C(C)(C)C)c1)C2. The van der Waals surface area contributed by atoms with Crippen LogP contribution in [0, 0.1) is 11.2 Å². The Hall–Kier alpha value is -4.11. The summed E-state index contributed by atoms with van der Waals surface area (Å²) in [7, 11) is 1.43. The maximum atomic E-state index is 15.8. The number of aliphatic hydroxyl groups excluding tert-OH is 1. The fourth-order valence-electron chi connectivity index (χ4n) is 5.85. The van der Waals surface area contributed by atoms with Crippen molar-refractivity contribution in [2.45, 2.75) is 78.1 Å². The molecule has 4 rings (SSSR count). The number of hydrogen-bond donors (Lipinski definition) is 2. The highest BCUT2D eigenvalue weighted by atomic mass is 19.4. The highest BCUT2D eigenvalue weighted by Gasteiger charge is 2.47. The van der Waals surface area contributed by atoms with Gasteiger partial charge in [-0.1, -0.05) is 20.8 Å². The van der Waals surface area contributed by atoms with E-state index in [2.05, 4.69) is 0 Å². The number of ether oxygens (including phenoxy) is 5. The molecule has 0 spiro atoms. The van der Waals surface area contributed by atoms with Crippen LogP contribution >= 0.6 is 0 Å². The quantitative estimate of drug-likeness (QED) is 0.180. The second-order valence-corrected chi connectivity index (χ2v) is 12.3. The number of carbonyl (C=O) groups excluding carboxylic acids is 2. The van der Waals surface area contributed by atoms with Gasteiger partial charge in [0.2, 0.25) is 12.0 Å². The Labute approximate surface area is 276 Å². The lowest BCUT2D eigenvalue weighted by atomic mass is 9.84. The van der Waals surface area contributed by atoms with Gasteiger partial charge in [-0.2, -0.15) is 13.2 Å². The van der Waals surface area contributed by atoms with Crippen LogP contribution in [0.25, 0.3) is 0 Å². The second kappa shape index (κ2) is 14.2. The van der Waals surface area contributed by atoms with Gasteiger partial charge in [-0.25, -0.2) is 9.18 Å². The van der Waals surface area contributed by atoms with Crippen LogP contribution in [-0.4, -0.2) is 92.2 Å². The molecule has 1 fully saturated rings. The molecule has 0 radical (unpaired) electrons. The molecule has 11 nitrogen and oxygen atoms in total. The molecule has 2 aromatic rings. The number of Topliss-reactive ketones (excluding diaryl/α,β-unsaturated/α-hetero) is 1. The lowest BCUT2D eigenvalue weighted by Gasteiger charge is -2.31. The molecule has 3 atom stereocenters. The van der Waals surface area contributed by atoms with E-state index in [0.717, 1.165) is 4.90 Å². The predicted molar refractivity (Wildman–Crippen MR) is 167 cm³/mol. The number of methoxy groups -OCH3 is 1. The number of amidine groups is 1. The number of β-amino-alcohol motifs (C(OH)–C–C–N with tert-alkyl or cyclic N) is 1. The highest BCUT2D eigenvalue weighted by Crippen LogP contribution is 2.43. The Morgan fingerprint density at radius 2 is 1.69 bits per heavy atom. The van der Waals surface area contributed by atoms with Crippen LogP contribution in [0.15, 0.2) is 18.2 Å². The molecule has 2 aromatic carbocycles. The van der Waals surface area contributed by atoms with Gasteiger partial charge in [0, 0.05) is 37.4 Å². The Morgan fingerprint density at radius 3 is 2.25 bits per heavy atom. The van der Waals surface area contributed by atoms with E-state index in [1.165, 1.54) is 25.3 Å². The number of carbonyl (C=O) groups is 2. The van der Waals surface area contributed by atoms with Crippen LogP contribution in [0.4, 0.5) is 23.2 Å². The van der Waals surface area contributed by atoms with Crippen molar-refractivity contribution in [3.63, 3.8) is 0 Å². The number of fused-ring (bicyclic) bond motifs is 1. The number of hydrogen-bond acceptors (Lipinski definition) is 10. The zero-order valence-corrected chi connectivity index (χ0v) is 27.9. The van der Waals surface area contributed by atoms with Gasteiger partial charge in [-0.05, 0) is 49.9 Å². The van der Waals surface area contributed by atoms with Crippen LogP contribution in [0.5, 0.6) is 17.2 Å². The van der Waals surface area contributed by atoms with Crippen molar-refractivity contribution in [3.05, 3.63) is 46.3 Å². The van der Waals surface area contributed by atoms with E-state index in [-0.39, 0.29) is 54.5 Å². The Bertz CT molecular complexity index is 1560. The third-order valence-electron chi connectivity index (χ3n) is 8.00. The number of aliphatic hydroxyl groups is 1. The monoisotopic (exact) mass is 683 g/mol. The molecule has 0 amide bonds. The van der Waals surface area contributed by atoms with E-state index in [1.807, 2.05) is 20.8 Å². The maximum Gasteiger partial charge on any atom is 0.491 e. The van der Waals surface area contributed by atoms with Crippen LogP contribution in [0.2, 0.25) is 0 Å². The summed E-state index contributed by atoms with van der Waals surface area (Å²) < 4.78 is 83.7. The number of nitrogens with zero attached hydrogens (tertiary/aromatic N) is 2. The van der Waals surface area contributed by atoms with Gasteiger partial charge in [0.1, 0.15) is 17.7 Å². The van der Waals surface area contributed by atoms with Crippen molar-refractivity contribution in [1.82, 2.24) is 4.90 Å². The Kier molecular flexibility index (Phi) is 10.8. The average Bonchev–Trinajstić information content (AvgIpc) is 3.54. The van der Waals surface area contributed by atoms with E-state index in [9.17, 15) is 27.9 Å². The lowest BCUT2D eigenvalue weighted by molar-refractivity contribution is -0.207. The summed E-state index contributed by atoms with van der Waals surface area (Å²) in [4.78, 5) is 29.1. The summed E-state index contributed by atoms with van der Waals surface area (Å²) in [6.45, 7) is 11.0. The van der Waals surface area contributed by atoms with E-state index in [4.69, 9.17) is 29.1 Å². The first kappa shape index (κ1) is 36.7. The molecule has 0 bridgehead atoms. The molecular formula is C33H41F4N3O8. The van der Waals surface area contributed by atoms with Crippen LogP contribution in [0.1, 0.15) is 68.6 Å². The molecule has 3 unspecified atom stereocenters. The largest absolute Gasteiger partial charge is 0.494 e. The number of anilines is 1. The van der Waals surface area contributed by atoms with Crippen molar-refractivity contribution in [2.75, 3.05) is 44.9 Å². The first-order valence-electron chi connectivity index (χ1n) is 15.5. The average molecular weight is 684 g/mol. The lowest BCUT2D eigenvalue weighted by Crippen LogP contribution is -2.47. The molecule has 2 N–H and O–H groups in total. The standard InChI is InChI=1S/C33H41F4N3O8/c1-8-45-22-13-18-14-40(29(38)24(18)25(34)28(22)47-10-3)30(48-31(43)33(35,36)37)26(42)17-11-19(32(4,5)6)27(44-7)20(12-17)39-15-21(41)23(16-39)46-9-2/h11-13,21,23,30,38,41H,8-10,14-16H2,1-7H3.